The van der Waals surface area contributed by atoms with E-state index in [1.165, 1.54) is 10.9 Å². The predicted molar refractivity (Wildman–Crippen MR) is 123 cm³/mol. The standard InChI is InChI=1S/C25H28NOP/c1-4-25(2,28-23-16-9-8-13-21(23)18-26-3)22-15-10-14-20(24(22)27)17-19-11-6-5-7-12-19/h5-16,18,27-28H,4,17H2,1-3H3/b26-18+. The monoisotopic (exact) mass is 389 g/mol. The average Bonchev–Trinajstić information content (AvgIpc) is 2.72. The van der Waals surface area contributed by atoms with Crippen molar-refractivity contribution in [3.63, 3.8) is 0 Å². The zero-order valence-electron chi connectivity index (χ0n) is 16.8. The molecule has 2 unspecified atom stereocenters. The van der Waals surface area contributed by atoms with Gasteiger partial charge in [-0.05, 0) is 28.4 Å². The van der Waals surface area contributed by atoms with Gasteiger partial charge in [-0.3, -0.25) is 4.99 Å². The van der Waals surface area contributed by atoms with Gasteiger partial charge in [-0.1, -0.05) is 95.2 Å². The number of benzene rings is 3. The Balaban J connectivity index is 1.97. The molecule has 2 nitrogen and oxygen atoms in total. The molecule has 0 aromatic heterocycles. The Hall–Kier alpha value is -2.44. The van der Waals surface area contributed by atoms with Crippen LogP contribution < -0.4 is 5.30 Å². The van der Waals surface area contributed by atoms with Crippen LogP contribution in [0.5, 0.6) is 5.75 Å². The van der Waals surface area contributed by atoms with Gasteiger partial charge in [0.2, 0.25) is 0 Å². The first-order valence-corrected chi connectivity index (χ1v) is 10.7. The van der Waals surface area contributed by atoms with Crippen LogP contribution in [-0.2, 0) is 11.6 Å². The van der Waals surface area contributed by atoms with Crippen molar-refractivity contribution in [2.45, 2.75) is 31.8 Å². The number of phenols is 1. The molecule has 1 N–H and O–H groups in total. The number of aromatic hydroxyl groups is 1. The molecule has 3 aromatic rings. The van der Waals surface area contributed by atoms with Gasteiger partial charge in [0.05, 0.1) is 0 Å². The summed E-state index contributed by atoms with van der Waals surface area (Å²) in [4.78, 5) is 4.20. The number of hydrogen-bond acceptors (Lipinski definition) is 2. The van der Waals surface area contributed by atoms with Crippen molar-refractivity contribution in [2.75, 3.05) is 7.05 Å². The van der Waals surface area contributed by atoms with Crippen molar-refractivity contribution in [3.8, 4) is 5.75 Å². The lowest BCUT2D eigenvalue weighted by Gasteiger charge is -2.31. The second-order valence-electron chi connectivity index (χ2n) is 7.26. The number of para-hydroxylation sites is 1. The van der Waals surface area contributed by atoms with Crippen LogP contribution in [0.25, 0.3) is 0 Å². The first-order chi connectivity index (χ1) is 13.6. The van der Waals surface area contributed by atoms with E-state index in [1.54, 1.807) is 7.05 Å². The van der Waals surface area contributed by atoms with E-state index in [0.29, 0.717) is 14.3 Å². The van der Waals surface area contributed by atoms with Crippen molar-refractivity contribution >= 4 is 20.1 Å². The Morgan fingerprint density at radius 2 is 1.68 bits per heavy atom. The molecule has 0 radical (unpaired) electrons. The van der Waals surface area contributed by atoms with Gasteiger partial charge in [-0.2, -0.15) is 0 Å². The summed E-state index contributed by atoms with van der Waals surface area (Å²) in [7, 11) is 2.35. The Morgan fingerprint density at radius 3 is 2.39 bits per heavy atom. The highest BCUT2D eigenvalue weighted by molar-refractivity contribution is 7.48. The Bertz CT molecular complexity index is 952. The van der Waals surface area contributed by atoms with Crippen molar-refractivity contribution in [1.29, 1.82) is 0 Å². The quantitative estimate of drug-likeness (QED) is 0.410. The lowest BCUT2D eigenvalue weighted by molar-refractivity contribution is 0.451. The number of nitrogens with zero attached hydrogens (tertiary/aromatic N) is 1. The van der Waals surface area contributed by atoms with Crippen LogP contribution in [-0.4, -0.2) is 18.4 Å². The van der Waals surface area contributed by atoms with E-state index in [0.717, 1.165) is 29.5 Å². The van der Waals surface area contributed by atoms with E-state index in [-0.39, 0.29) is 5.16 Å². The molecule has 3 aromatic carbocycles. The summed E-state index contributed by atoms with van der Waals surface area (Å²) in [5.41, 5.74) is 4.38. The SMILES string of the molecule is CCC(C)(Pc1ccccc1/C=N/C)c1cccc(Cc2ccccc2)c1O. The molecule has 0 spiro atoms. The highest BCUT2D eigenvalue weighted by Crippen LogP contribution is 2.48. The summed E-state index contributed by atoms with van der Waals surface area (Å²) in [6.45, 7) is 4.46. The van der Waals surface area contributed by atoms with E-state index in [2.05, 4.69) is 61.3 Å². The second-order valence-corrected chi connectivity index (χ2v) is 9.15. The van der Waals surface area contributed by atoms with E-state index in [4.69, 9.17) is 0 Å². The van der Waals surface area contributed by atoms with Gasteiger partial charge in [0.25, 0.3) is 0 Å². The first kappa shape index (κ1) is 20.3. The maximum Gasteiger partial charge on any atom is 0.123 e. The normalized spacial score (nSPS) is 14.0. The van der Waals surface area contributed by atoms with Crippen LogP contribution >= 0.6 is 8.58 Å². The molecule has 0 fully saturated rings. The van der Waals surface area contributed by atoms with Gasteiger partial charge >= 0.3 is 0 Å². The second kappa shape index (κ2) is 9.17. The smallest absolute Gasteiger partial charge is 0.123 e. The molecule has 0 aliphatic heterocycles. The van der Waals surface area contributed by atoms with Crippen molar-refractivity contribution in [2.24, 2.45) is 4.99 Å². The zero-order valence-corrected chi connectivity index (χ0v) is 17.8. The number of rotatable bonds is 7. The zero-order chi connectivity index (χ0) is 20.0. The Kier molecular flexibility index (Phi) is 6.65. The molecule has 0 saturated heterocycles. The van der Waals surface area contributed by atoms with Gasteiger partial charge in [-0.25, -0.2) is 0 Å². The molecule has 0 amide bonds. The highest BCUT2D eigenvalue weighted by Gasteiger charge is 2.29. The van der Waals surface area contributed by atoms with E-state index in [9.17, 15) is 5.11 Å². The van der Waals surface area contributed by atoms with Gasteiger partial charge in [-0.15, -0.1) is 0 Å². The van der Waals surface area contributed by atoms with Crippen molar-refractivity contribution in [3.05, 3.63) is 95.1 Å². The molecule has 0 saturated carbocycles. The molecule has 0 bridgehead atoms. The van der Waals surface area contributed by atoms with E-state index < -0.39 is 0 Å². The lowest BCUT2D eigenvalue weighted by Crippen LogP contribution is -2.20. The van der Waals surface area contributed by atoms with Crippen molar-refractivity contribution in [1.82, 2.24) is 0 Å². The molecule has 3 heteroatoms. The van der Waals surface area contributed by atoms with Crippen LogP contribution in [0.1, 0.15) is 42.5 Å². The number of phenolic OH excluding ortho intramolecular Hbond substituents is 1. The summed E-state index contributed by atoms with van der Waals surface area (Å²) < 4.78 is 0. The maximum atomic E-state index is 11.1. The highest BCUT2D eigenvalue weighted by atomic mass is 31.1. The van der Waals surface area contributed by atoms with Crippen LogP contribution in [0.3, 0.4) is 0 Å². The summed E-state index contributed by atoms with van der Waals surface area (Å²) in [5, 5.41) is 12.3. The summed E-state index contributed by atoms with van der Waals surface area (Å²) in [6.07, 6.45) is 3.61. The fraction of sp³-hybridized carbons (Fsp3) is 0.240. The first-order valence-electron chi connectivity index (χ1n) is 9.72. The fourth-order valence-electron chi connectivity index (χ4n) is 3.50. The third kappa shape index (κ3) is 4.51. The molecule has 2 atom stereocenters. The van der Waals surface area contributed by atoms with Gasteiger partial charge in [0.15, 0.2) is 0 Å². The molecular weight excluding hydrogens is 361 g/mol. The van der Waals surface area contributed by atoms with Gasteiger partial charge in [0.1, 0.15) is 5.75 Å². The molecule has 28 heavy (non-hydrogen) atoms. The van der Waals surface area contributed by atoms with Crippen LogP contribution in [0.2, 0.25) is 0 Å². The Labute approximate surface area is 170 Å². The lowest BCUT2D eigenvalue weighted by atomic mass is 9.92. The maximum absolute atomic E-state index is 11.1. The minimum absolute atomic E-state index is 0.130. The van der Waals surface area contributed by atoms with Crippen LogP contribution in [0.4, 0.5) is 0 Å². The summed E-state index contributed by atoms with van der Waals surface area (Å²) >= 11 is 0. The minimum Gasteiger partial charge on any atom is -0.507 e. The average molecular weight is 389 g/mol. The number of aliphatic imine (C=N–C) groups is 1. The fourth-order valence-corrected chi connectivity index (χ4v) is 5.08. The molecule has 3 rings (SSSR count). The topological polar surface area (TPSA) is 32.6 Å². The molecule has 0 heterocycles. The number of hydrogen-bond donors (Lipinski definition) is 1. The largest absolute Gasteiger partial charge is 0.507 e. The van der Waals surface area contributed by atoms with Crippen LogP contribution in [0.15, 0.2) is 77.8 Å². The molecular formula is C25H28NOP. The Morgan fingerprint density at radius 1 is 0.964 bits per heavy atom. The van der Waals surface area contributed by atoms with Gasteiger partial charge < -0.3 is 5.11 Å². The third-order valence-electron chi connectivity index (χ3n) is 5.30. The van der Waals surface area contributed by atoms with Crippen LogP contribution in [0, 0.1) is 0 Å². The molecule has 0 aliphatic rings. The third-order valence-corrected chi connectivity index (χ3v) is 7.20. The van der Waals surface area contributed by atoms with Gasteiger partial charge in [0, 0.05) is 30.4 Å². The minimum atomic E-state index is -0.130. The van der Waals surface area contributed by atoms with Crippen molar-refractivity contribution < 1.29 is 5.11 Å². The summed E-state index contributed by atoms with van der Waals surface area (Å²) in [5.74, 6) is 0.435. The molecule has 144 valence electrons. The summed E-state index contributed by atoms with van der Waals surface area (Å²) in [6, 6.07) is 24.9. The van der Waals surface area contributed by atoms with E-state index in [1.807, 2.05) is 36.5 Å². The van der Waals surface area contributed by atoms with E-state index >= 15 is 0 Å². The molecule has 0 aliphatic carbocycles. The predicted octanol–water partition coefficient (Wildman–Crippen LogP) is 5.66.